The fourth-order valence-corrected chi connectivity index (χ4v) is 2.39. The fourth-order valence-electron chi connectivity index (χ4n) is 2.39. The van der Waals surface area contributed by atoms with E-state index >= 15 is 0 Å². The van der Waals surface area contributed by atoms with Crippen molar-refractivity contribution in [3.05, 3.63) is 18.0 Å². The van der Waals surface area contributed by atoms with Crippen molar-refractivity contribution in [2.45, 2.75) is 26.5 Å². The third kappa shape index (κ3) is 2.55. The zero-order valence-electron chi connectivity index (χ0n) is 13.0. The molecule has 7 heteroatoms. The Kier molecular flexibility index (Phi) is 3.17. The number of nitrogens with one attached hydrogen (secondary N) is 1. The Morgan fingerprint density at radius 1 is 1.36 bits per heavy atom. The number of hydrogen-bond acceptors (Lipinski definition) is 6. The Labute approximate surface area is 127 Å². The molecule has 1 aliphatic heterocycles. The molecule has 0 unspecified atom stereocenters. The zero-order valence-corrected chi connectivity index (χ0v) is 13.0. The van der Waals surface area contributed by atoms with Crippen LogP contribution in [0.4, 0.5) is 11.5 Å². The Bertz CT molecular complexity index is 767. The first-order valence-corrected chi connectivity index (χ1v) is 6.97. The molecule has 116 valence electrons. The summed E-state index contributed by atoms with van der Waals surface area (Å²) in [6, 6.07) is 3.59. The summed E-state index contributed by atoms with van der Waals surface area (Å²) in [4.78, 5) is 22.1. The summed E-state index contributed by atoms with van der Waals surface area (Å²) in [5, 5.41) is 13.7. The first kappa shape index (κ1) is 14.5. The molecule has 2 heterocycles. The molecule has 0 saturated heterocycles. The van der Waals surface area contributed by atoms with Crippen molar-refractivity contribution >= 4 is 28.3 Å². The number of aliphatic hydroxyl groups is 1. The quantitative estimate of drug-likeness (QED) is 0.816. The van der Waals surface area contributed by atoms with E-state index in [9.17, 15) is 9.90 Å². The number of benzene rings is 1. The molecule has 1 aromatic carbocycles. The van der Waals surface area contributed by atoms with Gasteiger partial charge in [0.15, 0.2) is 6.61 Å². The van der Waals surface area contributed by atoms with E-state index in [-0.39, 0.29) is 12.5 Å². The van der Waals surface area contributed by atoms with Crippen molar-refractivity contribution in [3.8, 4) is 5.75 Å². The normalized spacial score (nSPS) is 14.8. The van der Waals surface area contributed by atoms with Gasteiger partial charge in [0.25, 0.3) is 5.91 Å². The molecule has 7 nitrogen and oxygen atoms in total. The lowest BCUT2D eigenvalue weighted by molar-refractivity contribution is -0.120. The molecule has 2 aromatic rings. The Morgan fingerprint density at radius 2 is 2.09 bits per heavy atom. The van der Waals surface area contributed by atoms with Crippen LogP contribution < -0.4 is 15.0 Å². The summed E-state index contributed by atoms with van der Waals surface area (Å²) < 4.78 is 5.47. The minimum absolute atomic E-state index is 0.0217. The molecular weight excluding hydrogens is 284 g/mol. The van der Waals surface area contributed by atoms with Crippen molar-refractivity contribution < 1.29 is 14.6 Å². The Morgan fingerprint density at radius 3 is 2.77 bits per heavy atom. The summed E-state index contributed by atoms with van der Waals surface area (Å²) in [5.41, 5.74) is 0.234. The van der Waals surface area contributed by atoms with Crippen molar-refractivity contribution in [2.75, 3.05) is 23.9 Å². The molecule has 1 amide bonds. The van der Waals surface area contributed by atoms with E-state index in [1.807, 2.05) is 0 Å². The maximum absolute atomic E-state index is 11.8. The van der Waals surface area contributed by atoms with Crippen LogP contribution in [0.2, 0.25) is 0 Å². The number of aromatic nitrogens is 2. The number of amides is 1. The summed E-state index contributed by atoms with van der Waals surface area (Å²) in [6.45, 7) is 5.07. The minimum atomic E-state index is -1.12. The van der Waals surface area contributed by atoms with Crippen LogP contribution >= 0.6 is 0 Å². The van der Waals surface area contributed by atoms with Crippen molar-refractivity contribution in [3.63, 3.8) is 0 Å². The van der Waals surface area contributed by atoms with Crippen LogP contribution in [0.3, 0.4) is 0 Å². The number of carbonyl (C=O) groups is 1. The maximum atomic E-state index is 11.8. The average Bonchev–Trinajstić information content (AvgIpc) is 2.40. The summed E-state index contributed by atoms with van der Waals surface area (Å²) >= 11 is 0. The molecule has 22 heavy (non-hydrogen) atoms. The van der Waals surface area contributed by atoms with Gasteiger partial charge in [-0.15, -0.1) is 0 Å². The standard InChI is InChI=1S/C15H18N4O3/c1-8-16-10-6-12-11(19(4)13(20)7-22-12)5-9(10)14(17-8)18-15(2,3)21/h5-6,21H,7H2,1-4H3,(H,16,17,18). The highest BCUT2D eigenvalue weighted by molar-refractivity contribution is 6.02. The van der Waals surface area contributed by atoms with Crippen LogP contribution in [-0.4, -0.2) is 40.4 Å². The number of aryl methyl sites for hydroxylation is 1. The van der Waals surface area contributed by atoms with Crippen LogP contribution in [0.15, 0.2) is 12.1 Å². The largest absolute Gasteiger partial charge is 0.481 e. The third-order valence-electron chi connectivity index (χ3n) is 3.40. The average molecular weight is 302 g/mol. The molecule has 1 aliphatic rings. The molecule has 0 atom stereocenters. The number of nitrogens with zero attached hydrogens (tertiary/aromatic N) is 3. The highest BCUT2D eigenvalue weighted by Gasteiger charge is 2.24. The molecule has 1 aromatic heterocycles. The van der Waals surface area contributed by atoms with Gasteiger partial charge in [-0.1, -0.05) is 0 Å². The lowest BCUT2D eigenvalue weighted by Gasteiger charge is -2.27. The van der Waals surface area contributed by atoms with Crippen LogP contribution in [0.5, 0.6) is 5.75 Å². The maximum Gasteiger partial charge on any atom is 0.264 e. The Hall–Kier alpha value is -2.41. The van der Waals surface area contributed by atoms with Gasteiger partial charge in [0, 0.05) is 18.5 Å². The Balaban J connectivity index is 2.22. The zero-order chi connectivity index (χ0) is 16.1. The van der Waals surface area contributed by atoms with Gasteiger partial charge < -0.3 is 20.1 Å². The number of carbonyl (C=O) groups excluding carboxylic acids is 1. The highest BCUT2D eigenvalue weighted by atomic mass is 16.5. The predicted molar refractivity (Wildman–Crippen MR) is 83.1 cm³/mol. The van der Waals surface area contributed by atoms with E-state index in [1.165, 1.54) is 0 Å². The van der Waals surface area contributed by atoms with Crippen LogP contribution in [-0.2, 0) is 4.79 Å². The van der Waals surface area contributed by atoms with Gasteiger partial charge >= 0.3 is 0 Å². The predicted octanol–water partition coefficient (Wildman–Crippen LogP) is 1.43. The van der Waals surface area contributed by atoms with Crippen LogP contribution in [0.1, 0.15) is 19.7 Å². The summed E-state index contributed by atoms with van der Waals surface area (Å²) in [6.07, 6.45) is 0. The van der Waals surface area contributed by atoms with Crippen molar-refractivity contribution in [1.29, 1.82) is 0 Å². The van der Waals surface area contributed by atoms with Crippen LogP contribution in [0.25, 0.3) is 10.9 Å². The highest BCUT2D eigenvalue weighted by Crippen LogP contribution is 2.37. The molecule has 3 rings (SSSR count). The topological polar surface area (TPSA) is 87.6 Å². The van der Waals surface area contributed by atoms with Gasteiger partial charge in [0.05, 0.1) is 11.2 Å². The van der Waals surface area contributed by atoms with Crippen molar-refractivity contribution in [1.82, 2.24) is 9.97 Å². The molecule has 0 radical (unpaired) electrons. The minimum Gasteiger partial charge on any atom is -0.481 e. The fraction of sp³-hybridized carbons (Fsp3) is 0.400. The van der Waals surface area contributed by atoms with E-state index in [0.29, 0.717) is 28.6 Å². The lowest BCUT2D eigenvalue weighted by atomic mass is 10.1. The SMILES string of the molecule is Cc1nc(NC(C)(C)O)c2cc3c(cc2n1)OCC(=O)N3C. The van der Waals surface area contributed by atoms with Crippen LogP contribution in [0, 0.1) is 6.92 Å². The van der Waals surface area contributed by atoms with Gasteiger partial charge in [-0.2, -0.15) is 0 Å². The molecule has 2 N–H and O–H groups in total. The first-order valence-electron chi connectivity index (χ1n) is 6.97. The molecule has 0 fully saturated rings. The second-order valence-corrected chi connectivity index (χ2v) is 5.88. The van der Waals surface area contributed by atoms with E-state index in [1.54, 1.807) is 44.9 Å². The van der Waals surface area contributed by atoms with E-state index in [0.717, 1.165) is 5.39 Å². The second kappa shape index (κ2) is 4.81. The second-order valence-electron chi connectivity index (χ2n) is 5.88. The van der Waals surface area contributed by atoms with E-state index in [2.05, 4.69) is 15.3 Å². The first-order chi connectivity index (χ1) is 10.2. The van der Waals surface area contributed by atoms with Gasteiger partial charge in [-0.05, 0) is 26.8 Å². The van der Waals surface area contributed by atoms with Gasteiger partial charge in [0.1, 0.15) is 23.1 Å². The number of rotatable bonds is 2. The molecular formula is C15H18N4O3. The smallest absolute Gasteiger partial charge is 0.264 e. The molecule has 0 spiro atoms. The lowest BCUT2D eigenvalue weighted by Crippen LogP contribution is -2.35. The molecule has 0 bridgehead atoms. The third-order valence-corrected chi connectivity index (χ3v) is 3.40. The van der Waals surface area contributed by atoms with Gasteiger partial charge in [0.2, 0.25) is 0 Å². The number of hydrogen-bond donors (Lipinski definition) is 2. The molecule has 0 saturated carbocycles. The number of ether oxygens (including phenoxy) is 1. The molecule has 0 aliphatic carbocycles. The van der Waals surface area contributed by atoms with E-state index in [4.69, 9.17) is 4.74 Å². The van der Waals surface area contributed by atoms with Crippen molar-refractivity contribution in [2.24, 2.45) is 0 Å². The monoisotopic (exact) mass is 302 g/mol. The summed E-state index contributed by atoms with van der Waals surface area (Å²) in [5.74, 6) is 1.60. The van der Waals surface area contributed by atoms with E-state index < -0.39 is 5.72 Å². The number of anilines is 2. The summed E-state index contributed by atoms with van der Waals surface area (Å²) in [7, 11) is 1.70. The number of likely N-dealkylation sites (N-methyl/N-ethyl adjacent to an activating group) is 1. The van der Waals surface area contributed by atoms with Gasteiger partial charge in [-0.3, -0.25) is 4.79 Å². The van der Waals surface area contributed by atoms with Gasteiger partial charge in [-0.25, -0.2) is 9.97 Å². The number of fused-ring (bicyclic) bond motifs is 2.